The van der Waals surface area contributed by atoms with Crippen LogP contribution in [0, 0.1) is 0 Å². The first-order valence-electron chi connectivity index (χ1n) is 6.22. The molecule has 1 N–H and O–H groups in total. The van der Waals surface area contributed by atoms with Crippen molar-refractivity contribution in [3.05, 3.63) is 11.9 Å². The van der Waals surface area contributed by atoms with Crippen molar-refractivity contribution < 1.29 is 9.90 Å². The van der Waals surface area contributed by atoms with Gasteiger partial charge in [0.2, 0.25) is 0 Å². The van der Waals surface area contributed by atoms with Crippen LogP contribution in [0.4, 0.5) is 0 Å². The van der Waals surface area contributed by atoms with Gasteiger partial charge >= 0.3 is 5.97 Å². The molecule has 18 heavy (non-hydrogen) atoms. The lowest BCUT2D eigenvalue weighted by Gasteiger charge is -2.30. The van der Waals surface area contributed by atoms with Crippen LogP contribution in [-0.4, -0.2) is 26.4 Å². The van der Waals surface area contributed by atoms with Gasteiger partial charge in [0.25, 0.3) is 0 Å². The minimum Gasteiger partial charge on any atom is -0.481 e. The van der Waals surface area contributed by atoms with Gasteiger partial charge in [-0.1, -0.05) is 32.5 Å². The highest BCUT2D eigenvalue weighted by molar-refractivity contribution is 7.99. The lowest BCUT2D eigenvalue weighted by atomic mass is 10.00. The number of rotatable bonds is 6. The largest absolute Gasteiger partial charge is 0.481 e. The van der Waals surface area contributed by atoms with Crippen LogP contribution in [0.2, 0.25) is 0 Å². The third kappa shape index (κ3) is 3.28. The number of hydrogen-bond donors (Lipinski definition) is 1. The first kappa shape index (κ1) is 15.1. The van der Waals surface area contributed by atoms with E-state index in [-0.39, 0.29) is 11.3 Å². The summed E-state index contributed by atoms with van der Waals surface area (Å²) in [6.45, 7) is 10.7. The normalized spacial score (nSPS) is 12.1. The molecule has 0 amide bonds. The number of aromatic nitrogens is 2. The van der Waals surface area contributed by atoms with E-state index in [1.54, 1.807) is 0 Å². The van der Waals surface area contributed by atoms with E-state index in [1.807, 2.05) is 6.20 Å². The van der Waals surface area contributed by atoms with E-state index in [0.29, 0.717) is 5.92 Å². The van der Waals surface area contributed by atoms with Gasteiger partial charge < -0.3 is 9.67 Å². The molecule has 1 aromatic rings. The Kier molecular flexibility index (Phi) is 4.85. The Morgan fingerprint density at radius 1 is 1.56 bits per heavy atom. The number of thioether (sulfide) groups is 1. The van der Waals surface area contributed by atoms with Gasteiger partial charge in [-0.05, 0) is 26.2 Å². The second-order valence-electron chi connectivity index (χ2n) is 5.30. The molecule has 0 aliphatic heterocycles. The number of carboxylic acid groups (broad SMARTS) is 1. The maximum absolute atomic E-state index is 10.7. The minimum atomic E-state index is -0.810. The highest BCUT2D eigenvalue weighted by Crippen LogP contribution is 2.32. The number of carboxylic acids is 1. The standard InChI is InChI=1S/C13H22N2O2S/c1-6-13(4,5)15-10(9(2)3)7-14-12(15)18-8-11(16)17/h7,9H,6,8H2,1-5H3,(H,16,17). The molecule has 0 atom stereocenters. The fourth-order valence-corrected chi connectivity index (χ4v) is 2.61. The Balaban J connectivity index is 3.15. The number of aliphatic carboxylic acids is 1. The van der Waals surface area contributed by atoms with Crippen LogP contribution in [-0.2, 0) is 10.3 Å². The van der Waals surface area contributed by atoms with Crippen molar-refractivity contribution in [3.8, 4) is 0 Å². The fraction of sp³-hybridized carbons (Fsp3) is 0.692. The minimum absolute atomic E-state index is 0.0447. The molecule has 1 rings (SSSR count). The molecule has 0 aliphatic rings. The molecule has 0 spiro atoms. The van der Waals surface area contributed by atoms with E-state index in [1.165, 1.54) is 11.8 Å². The molecule has 0 unspecified atom stereocenters. The predicted molar refractivity (Wildman–Crippen MR) is 74.3 cm³/mol. The lowest BCUT2D eigenvalue weighted by molar-refractivity contribution is -0.133. The van der Waals surface area contributed by atoms with Crippen LogP contribution in [0.15, 0.2) is 11.4 Å². The van der Waals surface area contributed by atoms with E-state index in [9.17, 15) is 4.79 Å². The molecular weight excluding hydrogens is 248 g/mol. The fourth-order valence-electron chi connectivity index (χ4n) is 1.75. The smallest absolute Gasteiger partial charge is 0.313 e. The number of nitrogens with zero attached hydrogens (tertiary/aromatic N) is 2. The summed E-state index contributed by atoms with van der Waals surface area (Å²) in [5.74, 6) is -0.383. The maximum atomic E-state index is 10.7. The van der Waals surface area contributed by atoms with Gasteiger partial charge in [-0.25, -0.2) is 4.98 Å². The Bertz CT molecular complexity index is 425. The quantitative estimate of drug-likeness (QED) is 0.806. The molecule has 0 fully saturated rings. The third-order valence-electron chi connectivity index (χ3n) is 3.14. The van der Waals surface area contributed by atoms with Crippen molar-refractivity contribution in [1.82, 2.24) is 9.55 Å². The highest BCUT2D eigenvalue weighted by atomic mass is 32.2. The zero-order valence-corrected chi connectivity index (χ0v) is 12.5. The van der Waals surface area contributed by atoms with Crippen molar-refractivity contribution in [2.24, 2.45) is 0 Å². The zero-order chi connectivity index (χ0) is 13.9. The summed E-state index contributed by atoms with van der Waals surface area (Å²) in [7, 11) is 0. The van der Waals surface area contributed by atoms with E-state index >= 15 is 0 Å². The van der Waals surface area contributed by atoms with E-state index in [4.69, 9.17) is 5.11 Å². The average molecular weight is 270 g/mol. The topological polar surface area (TPSA) is 55.1 Å². The summed E-state index contributed by atoms with van der Waals surface area (Å²) in [5, 5.41) is 9.58. The monoisotopic (exact) mass is 270 g/mol. The summed E-state index contributed by atoms with van der Waals surface area (Å²) in [4.78, 5) is 15.1. The molecule has 0 aliphatic carbocycles. The summed E-state index contributed by atoms with van der Waals surface area (Å²) >= 11 is 1.29. The Hall–Kier alpha value is -0.970. The van der Waals surface area contributed by atoms with Crippen LogP contribution in [0.25, 0.3) is 0 Å². The number of imidazole rings is 1. The molecule has 0 bridgehead atoms. The number of carbonyl (C=O) groups is 1. The second-order valence-corrected chi connectivity index (χ2v) is 6.25. The van der Waals surface area contributed by atoms with Crippen LogP contribution < -0.4 is 0 Å². The SMILES string of the molecule is CCC(C)(C)n1c(C(C)C)cnc1SCC(=O)O. The van der Waals surface area contributed by atoms with Gasteiger partial charge in [0.15, 0.2) is 5.16 Å². The Morgan fingerprint density at radius 3 is 2.61 bits per heavy atom. The summed E-state index contributed by atoms with van der Waals surface area (Å²) < 4.78 is 2.19. The average Bonchev–Trinajstić information content (AvgIpc) is 2.70. The van der Waals surface area contributed by atoms with E-state index in [0.717, 1.165) is 17.3 Å². The van der Waals surface area contributed by atoms with Gasteiger partial charge in [-0.3, -0.25) is 4.79 Å². The van der Waals surface area contributed by atoms with Gasteiger partial charge in [-0.15, -0.1) is 0 Å². The first-order valence-corrected chi connectivity index (χ1v) is 7.21. The van der Waals surface area contributed by atoms with Crippen molar-refractivity contribution >= 4 is 17.7 Å². The maximum Gasteiger partial charge on any atom is 0.313 e. The van der Waals surface area contributed by atoms with E-state index < -0.39 is 5.97 Å². The van der Waals surface area contributed by atoms with Crippen molar-refractivity contribution in [2.75, 3.05) is 5.75 Å². The Labute approximate surface area is 113 Å². The molecule has 1 aromatic heterocycles. The molecule has 4 nitrogen and oxygen atoms in total. The van der Waals surface area contributed by atoms with Crippen molar-refractivity contribution in [3.63, 3.8) is 0 Å². The van der Waals surface area contributed by atoms with Crippen LogP contribution in [0.1, 0.15) is 52.7 Å². The molecule has 0 aromatic carbocycles. The number of hydrogen-bond acceptors (Lipinski definition) is 3. The highest BCUT2D eigenvalue weighted by Gasteiger charge is 2.26. The Morgan fingerprint density at radius 2 is 2.17 bits per heavy atom. The molecule has 102 valence electrons. The molecule has 5 heteroatoms. The van der Waals surface area contributed by atoms with Gasteiger partial charge in [0.1, 0.15) is 0 Å². The molecule has 0 saturated heterocycles. The van der Waals surface area contributed by atoms with Crippen LogP contribution in [0.5, 0.6) is 0 Å². The summed E-state index contributed by atoms with van der Waals surface area (Å²) in [5.41, 5.74) is 1.12. The molecule has 1 heterocycles. The van der Waals surface area contributed by atoms with Gasteiger partial charge in [-0.2, -0.15) is 0 Å². The van der Waals surface area contributed by atoms with Crippen LogP contribution in [0.3, 0.4) is 0 Å². The van der Waals surface area contributed by atoms with Crippen molar-refractivity contribution in [1.29, 1.82) is 0 Å². The first-order chi connectivity index (χ1) is 8.29. The second kappa shape index (κ2) is 5.78. The zero-order valence-electron chi connectivity index (χ0n) is 11.7. The molecule has 0 radical (unpaired) electrons. The van der Waals surface area contributed by atoms with Crippen LogP contribution >= 0.6 is 11.8 Å². The van der Waals surface area contributed by atoms with Gasteiger partial charge in [0.05, 0.1) is 5.75 Å². The summed E-state index contributed by atoms with van der Waals surface area (Å²) in [6, 6.07) is 0. The van der Waals surface area contributed by atoms with E-state index in [2.05, 4.69) is 44.2 Å². The lowest BCUT2D eigenvalue weighted by Crippen LogP contribution is -2.28. The third-order valence-corrected chi connectivity index (χ3v) is 4.08. The summed E-state index contributed by atoms with van der Waals surface area (Å²) in [6.07, 6.45) is 2.84. The predicted octanol–water partition coefficient (Wildman–Crippen LogP) is 3.33. The molecular formula is C13H22N2O2S. The molecule has 0 saturated carbocycles. The van der Waals surface area contributed by atoms with Crippen molar-refractivity contribution in [2.45, 2.75) is 57.7 Å². The van der Waals surface area contributed by atoms with Gasteiger partial charge in [0, 0.05) is 17.4 Å².